The van der Waals surface area contributed by atoms with Crippen molar-refractivity contribution in [2.45, 2.75) is 45.4 Å². The number of rotatable bonds is 4. The van der Waals surface area contributed by atoms with E-state index in [0.29, 0.717) is 11.8 Å². The lowest BCUT2D eigenvalue weighted by atomic mass is 9.94. The Morgan fingerprint density at radius 3 is 2.56 bits per heavy atom. The third-order valence-electron chi connectivity index (χ3n) is 5.04. The van der Waals surface area contributed by atoms with E-state index in [1.54, 1.807) is 7.11 Å². The van der Waals surface area contributed by atoms with Gasteiger partial charge in [0.2, 0.25) is 11.8 Å². The largest absolute Gasteiger partial charge is 0.481 e. The number of carbonyl (C=O) groups is 1. The molecule has 2 saturated heterocycles. The van der Waals surface area contributed by atoms with E-state index in [9.17, 15) is 4.79 Å². The van der Waals surface area contributed by atoms with Crippen LogP contribution >= 0.6 is 0 Å². The summed E-state index contributed by atoms with van der Waals surface area (Å²) in [5.41, 5.74) is 1.01. The van der Waals surface area contributed by atoms with Gasteiger partial charge in [0.1, 0.15) is 0 Å². The highest BCUT2D eigenvalue weighted by molar-refractivity contribution is 5.79. The number of nitrogens with zero attached hydrogens (tertiary/aromatic N) is 3. The molecular weight excluding hydrogens is 318 g/mol. The molecule has 1 amide bonds. The number of carbonyl (C=O) groups excluding carboxylic acids is 1. The van der Waals surface area contributed by atoms with Crippen molar-refractivity contribution in [1.29, 1.82) is 0 Å². The summed E-state index contributed by atoms with van der Waals surface area (Å²) in [5.74, 6) is 1.10. The molecule has 1 aromatic heterocycles. The van der Waals surface area contributed by atoms with Gasteiger partial charge in [-0.25, -0.2) is 4.98 Å². The highest BCUT2D eigenvalue weighted by Crippen LogP contribution is 2.23. The second kappa shape index (κ2) is 8.15. The van der Waals surface area contributed by atoms with Crippen LogP contribution < -0.4 is 4.74 Å². The topological polar surface area (TPSA) is 54.9 Å². The van der Waals surface area contributed by atoms with Crippen molar-refractivity contribution in [1.82, 2.24) is 14.8 Å². The molecule has 0 bridgehead atoms. The van der Waals surface area contributed by atoms with Crippen LogP contribution in [0.25, 0.3) is 0 Å². The molecule has 2 atom stereocenters. The zero-order chi connectivity index (χ0) is 17.8. The first kappa shape index (κ1) is 18.1. The van der Waals surface area contributed by atoms with Gasteiger partial charge in [-0.3, -0.25) is 9.69 Å². The summed E-state index contributed by atoms with van der Waals surface area (Å²) >= 11 is 0. The van der Waals surface area contributed by atoms with Crippen LogP contribution in [0, 0.1) is 5.92 Å². The van der Waals surface area contributed by atoms with E-state index >= 15 is 0 Å². The standard InChI is InChI=1S/C19H29N3O3/c1-14-11-22(12-15(2)25-14)19(23)16-7-9-21(10-8-16)13-17-5-4-6-18(20-17)24-3/h4-6,14-16H,7-13H2,1-3H3. The molecule has 2 fully saturated rings. The minimum absolute atomic E-state index is 0.131. The number of amides is 1. The Balaban J connectivity index is 1.50. The predicted octanol–water partition coefficient (Wildman–Crippen LogP) is 1.94. The number of methoxy groups -OCH3 is 1. The Hall–Kier alpha value is -1.66. The SMILES string of the molecule is COc1cccc(CN2CCC(C(=O)N3CC(C)OC(C)C3)CC2)n1. The van der Waals surface area contributed by atoms with Gasteiger partial charge in [0.05, 0.1) is 25.0 Å². The van der Waals surface area contributed by atoms with Crippen LogP contribution in [-0.2, 0) is 16.1 Å². The first-order valence-electron chi connectivity index (χ1n) is 9.21. The Labute approximate surface area is 150 Å². The summed E-state index contributed by atoms with van der Waals surface area (Å²) in [6.07, 6.45) is 2.10. The third kappa shape index (κ3) is 4.70. The Morgan fingerprint density at radius 1 is 1.24 bits per heavy atom. The number of piperidine rings is 1. The van der Waals surface area contributed by atoms with Gasteiger partial charge < -0.3 is 14.4 Å². The number of morpholine rings is 1. The van der Waals surface area contributed by atoms with Crippen LogP contribution in [0.2, 0.25) is 0 Å². The zero-order valence-electron chi connectivity index (χ0n) is 15.5. The van der Waals surface area contributed by atoms with E-state index in [4.69, 9.17) is 9.47 Å². The highest BCUT2D eigenvalue weighted by atomic mass is 16.5. The second-order valence-electron chi connectivity index (χ2n) is 7.22. The van der Waals surface area contributed by atoms with Crippen molar-refractivity contribution < 1.29 is 14.3 Å². The van der Waals surface area contributed by atoms with Gasteiger partial charge in [0.15, 0.2) is 0 Å². The molecule has 2 aliphatic rings. The van der Waals surface area contributed by atoms with Crippen LogP contribution in [0.1, 0.15) is 32.4 Å². The smallest absolute Gasteiger partial charge is 0.225 e. The first-order chi connectivity index (χ1) is 12.0. The quantitative estimate of drug-likeness (QED) is 0.833. The summed E-state index contributed by atoms with van der Waals surface area (Å²) in [6.45, 7) is 8.20. The molecule has 3 heterocycles. The van der Waals surface area contributed by atoms with E-state index in [1.807, 2.05) is 36.9 Å². The van der Waals surface area contributed by atoms with E-state index < -0.39 is 0 Å². The van der Waals surface area contributed by atoms with Gasteiger partial charge in [-0.15, -0.1) is 0 Å². The summed E-state index contributed by atoms with van der Waals surface area (Å²) in [7, 11) is 1.64. The van der Waals surface area contributed by atoms with Gasteiger partial charge in [0.25, 0.3) is 0 Å². The fourth-order valence-electron chi connectivity index (χ4n) is 3.84. The molecule has 138 valence electrons. The Morgan fingerprint density at radius 2 is 1.92 bits per heavy atom. The van der Waals surface area contributed by atoms with Crippen molar-refractivity contribution in [3.8, 4) is 5.88 Å². The van der Waals surface area contributed by atoms with Gasteiger partial charge >= 0.3 is 0 Å². The molecule has 0 spiro atoms. The zero-order valence-corrected chi connectivity index (χ0v) is 15.5. The number of hydrogen-bond acceptors (Lipinski definition) is 5. The van der Waals surface area contributed by atoms with Crippen LogP contribution in [0.4, 0.5) is 0 Å². The number of likely N-dealkylation sites (tertiary alicyclic amines) is 1. The van der Waals surface area contributed by atoms with Crippen LogP contribution in [-0.4, -0.2) is 66.2 Å². The molecule has 2 aliphatic heterocycles. The van der Waals surface area contributed by atoms with Gasteiger partial charge in [0, 0.05) is 31.6 Å². The van der Waals surface area contributed by atoms with E-state index in [1.165, 1.54) is 0 Å². The fraction of sp³-hybridized carbons (Fsp3) is 0.684. The maximum absolute atomic E-state index is 12.8. The van der Waals surface area contributed by atoms with Gasteiger partial charge in [-0.1, -0.05) is 6.07 Å². The molecule has 6 heteroatoms. The second-order valence-corrected chi connectivity index (χ2v) is 7.22. The molecular formula is C19H29N3O3. The molecule has 0 aromatic carbocycles. The molecule has 1 aromatic rings. The van der Waals surface area contributed by atoms with Gasteiger partial charge in [-0.05, 0) is 45.8 Å². The van der Waals surface area contributed by atoms with E-state index in [-0.39, 0.29) is 18.1 Å². The average molecular weight is 347 g/mol. The molecule has 25 heavy (non-hydrogen) atoms. The summed E-state index contributed by atoms with van der Waals surface area (Å²) in [5, 5.41) is 0. The van der Waals surface area contributed by atoms with Crippen molar-refractivity contribution >= 4 is 5.91 Å². The fourth-order valence-corrected chi connectivity index (χ4v) is 3.84. The predicted molar refractivity (Wildman–Crippen MR) is 95.4 cm³/mol. The van der Waals surface area contributed by atoms with Crippen molar-refractivity contribution in [3.05, 3.63) is 23.9 Å². The average Bonchev–Trinajstić information content (AvgIpc) is 2.61. The highest BCUT2D eigenvalue weighted by Gasteiger charge is 2.32. The molecule has 6 nitrogen and oxygen atoms in total. The molecule has 3 rings (SSSR count). The lowest BCUT2D eigenvalue weighted by Gasteiger charge is -2.39. The van der Waals surface area contributed by atoms with Gasteiger partial charge in [-0.2, -0.15) is 0 Å². The minimum Gasteiger partial charge on any atom is -0.481 e. The molecule has 0 radical (unpaired) electrons. The summed E-state index contributed by atoms with van der Waals surface area (Å²) < 4.78 is 10.9. The lowest BCUT2D eigenvalue weighted by Crippen LogP contribution is -2.51. The van der Waals surface area contributed by atoms with Crippen molar-refractivity contribution in [3.63, 3.8) is 0 Å². The Kier molecular flexibility index (Phi) is 5.91. The van der Waals surface area contributed by atoms with Crippen molar-refractivity contribution in [2.75, 3.05) is 33.3 Å². The van der Waals surface area contributed by atoms with E-state index in [0.717, 1.165) is 51.3 Å². The number of ether oxygens (including phenoxy) is 2. The molecule has 2 unspecified atom stereocenters. The monoisotopic (exact) mass is 347 g/mol. The number of pyridine rings is 1. The number of hydrogen-bond donors (Lipinski definition) is 0. The van der Waals surface area contributed by atoms with Crippen LogP contribution in [0.5, 0.6) is 5.88 Å². The maximum atomic E-state index is 12.8. The minimum atomic E-state index is 0.131. The van der Waals surface area contributed by atoms with Crippen molar-refractivity contribution in [2.24, 2.45) is 5.92 Å². The summed E-state index contributed by atoms with van der Waals surface area (Å²) in [4.78, 5) is 21.7. The summed E-state index contributed by atoms with van der Waals surface area (Å²) in [6, 6.07) is 5.85. The third-order valence-corrected chi connectivity index (χ3v) is 5.04. The van der Waals surface area contributed by atoms with Crippen LogP contribution in [0.3, 0.4) is 0 Å². The molecule has 0 saturated carbocycles. The maximum Gasteiger partial charge on any atom is 0.225 e. The number of aromatic nitrogens is 1. The van der Waals surface area contributed by atoms with Crippen LogP contribution in [0.15, 0.2) is 18.2 Å². The molecule has 0 N–H and O–H groups in total. The first-order valence-corrected chi connectivity index (χ1v) is 9.21. The van der Waals surface area contributed by atoms with E-state index in [2.05, 4.69) is 9.88 Å². The lowest BCUT2D eigenvalue weighted by molar-refractivity contribution is -0.148. The molecule has 0 aliphatic carbocycles. The Bertz CT molecular complexity index is 577. The normalized spacial score (nSPS) is 25.8.